The summed E-state index contributed by atoms with van der Waals surface area (Å²) in [6.45, 7) is 2.00. The van der Waals surface area contributed by atoms with Gasteiger partial charge in [-0.15, -0.1) is 0 Å². The maximum absolute atomic E-state index is 12.3. The molecule has 6 heteroatoms. The number of amides is 1. The molecule has 23 heavy (non-hydrogen) atoms. The molecule has 2 N–H and O–H groups in total. The van der Waals surface area contributed by atoms with E-state index in [9.17, 15) is 9.90 Å². The van der Waals surface area contributed by atoms with E-state index in [-0.39, 0.29) is 11.4 Å². The minimum absolute atomic E-state index is 0.00604. The highest BCUT2D eigenvalue weighted by Gasteiger charge is 2.15. The minimum Gasteiger partial charge on any atom is -0.506 e. The Morgan fingerprint density at radius 3 is 2.91 bits per heavy atom. The number of phenolic OH excluding ortho intramolecular Hbond substituents is 1. The summed E-state index contributed by atoms with van der Waals surface area (Å²) in [6, 6.07) is 10.2. The van der Waals surface area contributed by atoms with Crippen LogP contribution in [-0.4, -0.2) is 21.2 Å². The summed E-state index contributed by atoms with van der Waals surface area (Å²) in [6.07, 6.45) is 4.08. The van der Waals surface area contributed by atoms with E-state index in [4.69, 9.17) is 4.52 Å². The van der Waals surface area contributed by atoms with Gasteiger partial charge in [0.1, 0.15) is 5.75 Å². The fourth-order valence-corrected chi connectivity index (χ4v) is 2.12. The van der Waals surface area contributed by atoms with Crippen molar-refractivity contribution in [3.05, 3.63) is 60.0 Å². The molecule has 0 aliphatic carbocycles. The van der Waals surface area contributed by atoms with Gasteiger partial charge in [0.05, 0.1) is 5.69 Å². The minimum atomic E-state index is -0.451. The molecule has 0 unspecified atom stereocenters. The Hall–Kier alpha value is -3.15. The van der Waals surface area contributed by atoms with Gasteiger partial charge < -0.3 is 14.9 Å². The normalized spacial score (nSPS) is 10.5. The van der Waals surface area contributed by atoms with Gasteiger partial charge >= 0.3 is 0 Å². The molecule has 116 valence electrons. The molecule has 3 aromatic rings. The topological polar surface area (TPSA) is 88.2 Å². The fourth-order valence-electron chi connectivity index (χ4n) is 2.12. The molecule has 0 atom stereocenters. The van der Waals surface area contributed by atoms with E-state index in [0.29, 0.717) is 11.4 Å². The van der Waals surface area contributed by atoms with Gasteiger partial charge in [-0.3, -0.25) is 9.78 Å². The van der Waals surface area contributed by atoms with Crippen LogP contribution in [0.2, 0.25) is 0 Å². The summed E-state index contributed by atoms with van der Waals surface area (Å²) < 4.78 is 5.17. The van der Waals surface area contributed by atoms with Crippen LogP contribution in [0.4, 0.5) is 5.69 Å². The first kappa shape index (κ1) is 14.8. The largest absolute Gasteiger partial charge is 0.506 e. The Bertz CT molecular complexity index is 828. The SMILES string of the molecule is CCc1ccc(O)c(NC(=O)c2cc(-c3cccnc3)on2)c1. The molecule has 0 fully saturated rings. The number of carbonyl (C=O) groups excluding carboxylic acids is 1. The van der Waals surface area contributed by atoms with E-state index in [0.717, 1.165) is 17.5 Å². The number of aromatic hydroxyl groups is 1. The number of nitrogens with zero attached hydrogens (tertiary/aromatic N) is 2. The smallest absolute Gasteiger partial charge is 0.277 e. The lowest BCUT2D eigenvalue weighted by Gasteiger charge is -2.07. The summed E-state index contributed by atoms with van der Waals surface area (Å²) >= 11 is 0. The predicted molar refractivity (Wildman–Crippen MR) is 85.2 cm³/mol. The number of phenols is 1. The van der Waals surface area contributed by atoms with Crippen molar-refractivity contribution in [1.29, 1.82) is 0 Å². The molecular formula is C17H15N3O3. The molecular weight excluding hydrogens is 294 g/mol. The number of anilines is 1. The van der Waals surface area contributed by atoms with Crippen LogP contribution in [0.5, 0.6) is 5.75 Å². The monoisotopic (exact) mass is 309 g/mol. The molecule has 0 aliphatic rings. The number of carbonyl (C=O) groups is 1. The summed E-state index contributed by atoms with van der Waals surface area (Å²) in [5.74, 6) is 0.00810. The maximum atomic E-state index is 12.3. The Labute approximate surface area is 132 Å². The van der Waals surface area contributed by atoms with Gasteiger partial charge in [0, 0.05) is 24.0 Å². The highest BCUT2D eigenvalue weighted by atomic mass is 16.5. The van der Waals surface area contributed by atoms with Gasteiger partial charge in [0.25, 0.3) is 5.91 Å². The summed E-state index contributed by atoms with van der Waals surface area (Å²) in [7, 11) is 0. The zero-order valence-electron chi connectivity index (χ0n) is 12.5. The van der Waals surface area contributed by atoms with Crippen molar-refractivity contribution in [2.75, 3.05) is 5.32 Å². The molecule has 2 aromatic heterocycles. The average molecular weight is 309 g/mol. The zero-order valence-corrected chi connectivity index (χ0v) is 12.5. The molecule has 1 aromatic carbocycles. The van der Waals surface area contributed by atoms with E-state index in [1.54, 1.807) is 30.6 Å². The Morgan fingerprint density at radius 1 is 1.30 bits per heavy atom. The number of benzene rings is 1. The van der Waals surface area contributed by atoms with Crippen LogP contribution in [0.1, 0.15) is 23.0 Å². The molecule has 0 bridgehead atoms. The van der Waals surface area contributed by atoms with Gasteiger partial charge in [-0.05, 0) is 36.2 Å². The lowest BCUT2D eigenvalue weighted by molar-refractivity contribution is 0.101. The second kappa shape index (κ2) is 6.31. The molecule has 0 spiro atoms. The highest BCUT2D eigenvalue weighted by molar-refractivity contribution is 6.04. The van der Waals surface area contributed by atoms with Crippen LogP contribution in [0, 0.1) is 0 Å². The number of pyridine rings is 1. The molecule has 0 saturated carbocycles. The van der Waals surface area contributed by atoms with Gasteiger partial charge in [-0.25, -0.2) is 0 Å². The van der Waals surface area contributed by atoms with Crippen molar-refractivity contribution in [3.8, 4) is 17.1 Å². The molecule has 0 aliphatic heterocycles. The fraction of sp³-hybridized carbons (Fsp3) is 0.118. The first-order valence-electron chi connectivity index (χ1n) is 7.17. The molecule has 2 heterocycles. The van der Waals surface area contributed by atoms with Crippen molar-refractivity contribution in [2.45, 2.75) is 13.3 Å². The molecule has 1 amide bonds. The average Bonchev–Trinajstić information content (AvgIpc) is 3.08. The Balaban J connectivity index is 1.81. The van der Waals surface area contributed by atoms with Crippen molar-refractivity contribution < 1.29 is 14.4 Å². The first-order chi connectivity index (χ1) is 11.2. The van der Waals surface area contributed by atoms with Gasteiger partial charge in [0.15, 0.2) is 11.5 Å². The van der Waals surface area contributed by atoms with E-state index in [2.05, 4.69) is 15.5 Å². The van der Waals surface area contributed by atoms with Crippen LogP contribution in [-0.2, 0) is 6.42 Å². The zero-order chi connectivity index (χ0) is 16.2. The second-order valence-corrected chi connectivity index (χ2v) is 4.98. The van der Waals surface area contributed by atoms with Crippen LogP contribution in [0.25, 0.3) is 11.3 Å². The van der Waals surface area contributed by atoms with E-state index < -0.39 is 5.91 Å². The van der Waals surface area contributed by atoms with Crippen LogP contribution in [0.15, 0.2) is 53.3 Å². The second-order valence-electron chi connectivity index (χ2n) is 4.98. The number of hydrogen-bond donors (Lipinski definition) is 2. The number of aromatic nitrogens is 2. The quantitative estimate of drug-likeness (QED) is 0.722. The third kappa shape index (κ3) is 3.21. The van der Waals surface area contributed by atoms with E-state index in [1.807, 2.05) is 19.1 Å². The molecule has 6 nitrogen and oxygen atoms in total. The molecule has 0 saturated heterocycles. The third-order valence-corrected chi connectivity index (χ3v) is 3.41. The van der Waals surface area contributed by atoms with Crippen molar-refractivity contribution in [2.24, 2.45) is 0 Å². The van der Waals surface area contributed by atoms with Crippen molar-refractivity contribution in [3.63, 3.8) is 0 Å². The van der Waals surface area contributed by atoms with Crippen LogP contribution < -0.4 is 5.32 Å². The van der Waals surface area contributed by atoms with Gasteiger partial charge in [0.2, 0.25) is 0 Å². The summed E-state index contributed by atoms with van der Waals surface area (Å²) in [5.41, 5.74) is 2.22. The molecule has 3 rings (SSSR count). The lowest BCUT2D eigenvalue weighted by atomic mass is 10.1. The Morgan fingerprint density at radius 2 is 2.17 bits per heavy atom. The number of hydrogen-bond acceptors (Lipinski definition) is 5. The standard InChI is InChI=1S/C17H15N3O3/c1-2-11-5-6-15(21)13(8-11)19-17(22)14-9-16(23-20-14)12-4-3-7-18-10-12/h3-10,21H,2H2,1H3,(H,19,22). The van der Waals surface area contributed by atoms with Crippen LogP contribution >= 0.6 is 0 Å². The summed E-state index contributed by atoms with van der Waals surface area (Å²) in [4.78, 5) is 16.2. The van der Waals surface area contributed by atoms with Crippen molar-refractivity contribution in [1.82, 2.24) is 10.1 Å². The number of aryl methyl sites for hydroxylation is 1. The first-order valence-corrected chi connectivity index (χ1v) is 7.17. The molecule has 0 radical (unpaired) electrons. The maximum Gasteiger partial charge on any atom is 0.277 e. The van der Waals surface area contributed by atoms with E-state index >= 15 is 0 Å². The predicted octanol–water partition coefficient (Wildman–Crippen LogP) is 3.26. The summed E-state index contributed by atoms with van der Waals surface area (Å²) in [5, 5.41) is 16.2. The van der Waals surface area contributed by atoms with Crippen molar-refractivity contribution >= 4 is 11.6 Å². The van der Waals surface area contributed by atoms with Gasteiger partial charge in [-0.1, -0.05) is 18.1 Å². The lowest BCUT2D eigenvalue weighted by Crippen LogP contribution is -2.12. The van der Waals surface area contributed by atoms with Gasteiger partial charge in [-0.2, -0.15) is 0 Å². The van der Waals surface area contributed by atoms with Crippen LogP contribution in [0.3, 0.4) is 0 Å². The highest BCUT2D eigenvalue weighted by Crippen LogP contribution is 2.25. The third-order valence-electron chi connectivity index (χ3n) is 3.41. The Kier molecular flexibility index (Phi) is 4.05. The number of nitrogens with one attached hydrogen (secondary N) is 1. The number of rotatable bonds is 4. The van der Waals surface area contributed by atoms with E-state index in [1.165, 1.54) is 6.07 Å².